The molecule has 0 rings (SSSR count). The van der Waals surface area contributed by atoms with E-state index in [0.29, 0.717) is 0 Å². The normalized spacial score (nSPS) is 17.5. The van der Waals surface area contributed by atoms with Gasteiger partial charge in [-0.1, -0.05) is 0 Å². The summed E-state index contributed by atoms with van der Waals surface area (Å²) in [5, 5.41) is 0. The third kappa shape index (κ3) is 5.37. The smallest absolute Gasteiger partial charge is 0.460 e. The average molecular weight is 660 g/mol. The molecular formula is C13H3F23O4. The first kappa shape index (κ1) is 37.8. The molecular weight excluding hydrogens is 657 g/mol. The minimum Gasteiger partial charge on any atom is -0.465 e. The van der Waals surface area contributed by atoms with Crippen LogP contribution in [-0.2, 0) is 19.0 Å². The van der Waals surface area contributed by atoms with Gasteiger partial charge < -0.3 is 4.74 Å². The van der Waals surface area contributed by atoms with Gasteiger partial charge in [0.05, 0.1) is 7.11 Å². The number of carbonyl (C=O) groups excluding carboxylic acids is 1. The summed E-state index contributed by atoms with van der Waals surface area (Å²) in [7, 11) is -0.488. The summed E-state index contributed by atoms with van der Waals surface area (Å²) in [5.41, 5.74) is 0. The van der Waals surface area contributed by atoms with Crippen LogP contribution in [0.3, 0.4) is 0 Å². The first-order valence-corrected chi connectivity index (χ1v) is 8.23. The number of alkyl halides is 23. The predicted octanol–water partition coefficient (Wildman–Crippen LogP) is 6.94. The highest BCUT2D eigenvalue weighted by Crippen LogP contribution is 2.60. The van der Waals surface area contributed by atoms with Crippen molar-refractivity contribution in [1.82, 2.24) is 0 Å². The lowest BCUT2D eigenvalue weighted by molar-refractivity contribution is -0.534. The number of methoxy groups -OCH3 is 1. The number of halogens is 23. The standard InChI is InChI=1S/C13H3F23O4/c1-38-2(37)3(14,4(15,16)9(25,26)27)39-11(31,32)7(21,22)8(23,24)13(35,36)40-12(33,34)6(19,20)5(17,18)10(28,29)30/h1H3. The van der Waals surface area contributed by atoms with Crippen LogP contribution in [-0.4, -0.2) is 79.2 Å². The van der Waals surface area contributed by atoms with Crippen molar-refractivity contribution in [3.63, 3.8) is 0 Å². The summed E-state index contributed by atoms with van der Waals surface area (Å²) in [6.45, 7) is 0. The number of hydrogen-bond acceptors (Lipinski definition) is 4. The van der Waals surface area contributed by atoms with Crippen LogP contribution < -0.4 is 0 Å². The molecule has 0 fully saturated rings. The van der Waals surface area contributed by atoms with Gasteiger partial charge in [0.1, 0.15) is 0 Å². The quantitative estimate of drug-likeness (QED) is 0.178. The lowest BCUT2D eigenvalue weighted by Crippen LogP contribution is -2.70. The summed E-state index contributed by atoms with van der Waals surface area (Å²) in [6.07, 6.45) is -40.9. The van der Waals surface area contributed by atoms with E-state index in [-0.39, 0.29) is 0 Å². The second kappa shape index (κ2) is 9.67. The minimum absolute atomic E-state index is 0.488. The largest absolute Gasteiger partial charge is 0.465 e. The molecule has 0 aliphatic carbocycles. The summed E-state index contributed by atoms with van der Waals surface area (Å²) in [5.74, 6) is -53.8. The van der Waals surface area contributed by atoms with E-state index in [2.05, 4.69) is 4.74 Å². The second-order valence-corrected chi connectivity index (χ2v) is 6.71. The van der Waals surface area contributed by atoms with Gasteiger partial charge in [0.15, 0.2) is 0 Å². The zero-order valence-corrected chi connectivity index (χ0v) is 17.3. The maximum atomic E-state index is 14.0. The van der Waals surface area contributed by atoms with Gasteiger partial charge in [0, 0.05) is 0 Å². The monoisotopic (exact) mass is 660 g/mol. The van der Waals surface area contributed by atoms with Gasteiger partial charge in [0.25, 0.3) is 0 Å². The average Bonchev–Trinajstić information content (AvgIpc) is 2.69. The van der Waals surface area contributed by atoms with Crippen LogP contribution in [0.5, 0.6) is 0 Å². The zero-order valence-electron chi connectivity index (χ0n) is 17.3. The third-order valence-corrected chi connectivity index (χ3v) is 3.97. The van der Waals surface area contributed by atoms with E-state index in [1.807, 2.05) is 0 Å². The van der Waals surface area contributed by atoms with Crippen LogP contribution in [0.25, 0.3) is 0 Å². The molecule has 4 nitrogen and oxygen atoms in total. The Balaban J connectivity index is 6.88. The van der Waals surface area contributed by atoms with Gasteiger partial charge >= 0.3 is 72.1 Å². The van der Waals surface area contributed by atoms with Crippen LogP contribution in [0, 0.1) is 0 Å². The number of hydrogen-bond donors (Lipinski definition) is 0. The molecule has 0 heterocycles. The van der Waals surface area contributed by atoms with E-state index in [9.17, 15) is 106 Å². The van der Waals surface area contributed by atoms with E-state index >= 15 is 0 Å². The van der Waals surface area contributed by atoms with Gasteiger partial charge in [-0.3, -0.25) is 4.74 Å². The Hall–Kier alpha value is -2.22. The Labute approximate surface area is 200 Å². The van der Waals surface area contributed by atoms with Crippen molar-refractivity contribution in [3.05, 3.63) is 0 Å². The molecule has 0 aromatic carbocycles. The maximum Gasteiger partial charge on any atom is 0.460 e. The Kier molecular flexibility index (Phi) is 9.13. The van der Waals surface area contributed by atoms with E-state index in [1.165, 1.54) is 4.74 Å². The van der Waals surface area contributed by atoms with E-state index < -0.39 is 79.2 Å². The molecule has 40 heavy (non-hydrogen) atoms. The lowest BCUT2D eigenvalue weighted by atomic mass is 10.1. The van der Waals surface area contributed by atoms with Gasteiger partial charge in [-0.15, -0.1) is 0 Å². The molecule has 240 valence electrons. The van der Waals surface area contributed by atoms with Crippen molar-refractivity contribution in [3.8, 4) is 0 Å². The fraction of sp³-hybridized carbons (Fsp3) is 0.923. The first-order valence-electron chi connectivity index (χ1n) is 8.23. The Morgan fingerprint density at radius 1 is 0.400 bits per heavy atom. The van der Waals surface area contributed by atoms with Crippen LogP contribution in [0.15, 0.2) is 0 Å². The summed E-state index contributed by atoms with van der Waals surface area (Å²) >= 11 is 0. The molecule has 0 aromatic heterocycles. The van der Waals surface area contributed by atoms with Gasteiger partial charge in [-0.05, 0) is 0 Å². The molecule has 27 heteroatoms. The van der Waals surface area contributed by atoms with Gasteiger partial charge in [0.2, 0.25) is 0 Å². The lowest BCUT2D eigenvalue weighted by Gasteiger charge is -2.40. The van der Waals surface area contributed by atoms with Crippen LogP contribution >= 0.6 is 0 Å². The molecule has 0 N–H and O–H groups in total. The Morgan fingerprint density at radius 2 is 0.650 bits per heavy atom. The number of esters is 1. The zero-order chi connectivity index (χ0) is 33.2. The molecule has 0 aliphatic heterocycles. The second-order valence-electron chi connectivity index (χ2n) is 6.71. The van der Waals surface area contributed by atoms with Crippen molar-refractivity contribution >= 4 is 5.97 Å². The van der Waals surface area contributed by atoms with Crippen LogP contribution in [0.4, 0.5) is 101 Å². The molecule has 1 unspecified atom stereocenters. The van der Waals surface area contributed by atoms with E-state index in [0.717, 1.165) is 4.74 Å². The van der Waals surface area contributed by atoms with Crippen molar-refractivity contribution in [2.75, 3.05) is 7.11 Å². The SMILES string of the molecule is COC(=O)C(F)(OC(F)(F)C(F)(F)C(F)(F)C(F)(F)OC(F)(F)C(F)(F)C(F)(F)C(F)(F)F)C(F)(F)C(F)(F)F. The van der Waals surface area contributed by atoms with Crippen molar-refractivity contribution in [2.45, 2.75) is 66.1 Å². The molecule has 0 spiro atoms. The predicted molar refractivity (Wildman–Crippen MR) is 69.7 cm³/mol. The molecule has 0 amide bonds. The first-order chi connectivity index (χ1) is 16.9. The number of carbonyl (C=O) groups is 1. The third-order valence-electron chi connectivity index (χ3n) is 3.97. The molecule has 0 aliphatic rings. The van der Waals surface area contributed by atoms with E-state index in [4.69, 9.17) is 0 Å². The Morgan fingerprint density at radius 3 is 0.900 bits per heavy atom. The van der Waals surface area contributed by atoms with Crippen molar-refractivity contribution in [1.29, 1.82) is 0 Å². The highest BCUT2D eigenvalue weighted by molar-refractivity contribution is 5.79. The molecule has 0 saturated heterocycles. The van der Waals surface area contributed by atoms with Gasteiger partial charge in [-0.2, -0.15) is 101 Å². The van der Waals surface area contributed by atoms with Crippen LogP contribution in [0.2, 0.25) is 0 Å². The fourth-order valence-electron chi connectivity index (χ4n) is 1.80. The highest BCUT2D eigenvalue weighted by Gasteiger charge is 2.90. The topological polar surface area (TPSA) is 44.8 Å². The highest BCUT2D eigenvalue weighted by atomic mass is 19.4. The van der Waals surface area contributed by atoms with Crippen molar-refractivity contribution in [2.24, 2.45) is 0 Å². The molecule has 1 atom stereocenters. The number of rotatable bonds is 11. The maximum absolute atomic E-state index is 14.0. The summed E-state index contributed by atoms with van der Waals surface area (Å²) in [4.78, 5) is 10.9. The molecule has 0 bridgehead atoms. The minimum atomic E-state index is -8.83. The van der Waals surface area contributed by atoms with Crippen LogP contribution in [0.1, 0.15) is 0 Å². The summed E-state index contributed by atoms with van der Waals surface area (Å²) < 4.78 is 303. The number of ether oxygens (including phenoxy) is 3. The Bertz CT molecular complexity index is 932. The fourth-order valence-corrected chi connectivity index (χ4v) is 1.80. The summed E-state index contributed by atoms with van der Waals surface area (Å²) in [6, 6.07) is 0. The van der Waals surface area contributed by atoms with E-state index in [1.54, 1.807) is 0 Å². The molecule has 0 aromatic rings. The van der Waals surface area contributed by atoms with Crippen molar-refractivity contribution < 1.29 is 120 Å². The molecule has 0 radical (unpaired) electrons. The molecule has 0 saturated carbocycles. The van der Waals surface area contributed by atoms with Gasteiger partial charge in [-0.25, -0.2) is 9.53 Å².